The summed E-state index contributed by atoms with van der Waals surface area (Å²) in [7, 11) is 0. The van der Waals surface area contributed by atoms with Gasteiger partial charge in [-0.05, 0) is 12.8 Å². The van der Waals surface area contributed by atoms with E-state index in [-0.39, 0.29) is 12.1 Å². The third kappa shape index (κ3) is 4.60. The Hall–Kier alpha value is -0.120. The lowest BCUT2D eigenvalue weighted by molar-refractivity contribution is 0.237. The molecule has 1 atom stereocenters. The van der Waals surface area contributed by atoms with Crippen molar-refractivity contribution < 1.29 is 5.11 Å². The Morgan fingerprint density at radius 1 is 1.38 bits per heavy atom. The average molecular weight is 188 g/mol. The van der Waals surface area contributed by atoms with Gasteiger partial charge in [-0.1, -0.05) is 26.7 Å². The number of aliphatic hydroxyl groups is 1. The number of β-amino-alcohol motifs (C(OH)–C–C–N with tert-alkyl or cyclic N) is 1. The molecule has 3 nitrogen and oxygen atoms in total. The fraction of sp³-hybridized carbons (Fsp3) is 1.00. The Morgan fingerprint density at radius 3 is 2.46 bits per heavy atom. The highest BCUT2D eigenvalue weighted by molar-refractivity contribution is 4.87. The minimum Gasteiger partial charge on any atom is -0.395 e. The molecule has 13 heavy (non-hydrogen) atoms. The van der Waals surface area contributed by atoms with Crippen LogP contribution in [-0.4, -0.2) is 30.3 Å². The summed E-state index contributed by atoms with van der Waals surface area (Å²) in [5, 5.41) is 12.1. The highest BCUT2D eigenvalue weighted by atomic mass is 16.3. The predicted octanol–water partition coefficient (Wildman–Crippen LogP) is 0.866. The second-order valence-electron chi connectivity index (χ2n) is 3.59. The largest absolute Gasteiger partial charge is 0.395 e. The molecule has 3 heteroatoms. The summed E-state index contributed by atoms with van der Waals surface area (Å²) in [5.41, 5.74) is 5.81. The molecular weight excluding hydrogens is 164 g/mol. The van der Waals surface area contributed by atoms with Crippen LogP contribution in [0.3, 0.4) is 0 Å². The van der Waals surface area contributed by atoms with Crippen molar-refractivity contribution in [1.82, 2.24) is 5.32 Å². The Labute approximate surface area is 81.7 Å². The molecule has 4 N–H and O–H groups in total. The van der Waals surface area contributed by atoms with Gasteiger partial charge in [-0.2, -0.15) is 0 Å². The average Bonchev–Trinajstić information content (AvgIpc) is 2.20. The van der Waals surface area contributed by atoms with Gasteiger partial charge in [-0.25, -0.2) is 0 Å². The van der Waals surface area contributed by atoms with Gasteiger partial charge in [0.2, 0.25) is 0 Å². The number of aliphatic hydroxyl groups excluding tert-OH is 1. The van der Waals surface area contributed by atoms with E-state index in [2.05, 4.69) is 19.2 Å². The number of rotatable bonds is 8. The molecule has 0 saturated heterocycles. The molecule has 0 aromatic heterocycles. The number of hydrogen-bond acceptors (Lipinski definition) is 3. The summed E-state index contributed by atoms with van der Waals surface area (Å²) in [5.74, 6) is 0. The van der Waals surface area contributed by atoms with E-state index in [0.29, 0.717) is 13.1 Å². The van der Waals surface area contributed by atoms with E-state index in [1.165, 1.54) is 12.8 Å². The van der Waals surface area contributed by atoms with Crippen molar-refractivity contribution in [2.45, 2.75) is 45.1 Å². The molecular formula is C10H24N2O. The van der Waals surface area contributed by atoms with Crippen LogP contribution in [0.4, 0.5) is 0 Å². The van der Waals surface area contributed by atoms with E-state index in [0.717, 1.165) is 12.8 Å². The first-order valence-electron chi connectivity index (χ1n) is 5.30. The fourth-order valence-electron chi connectivity index (χ4n) is 1.54. The monoisotopic (exact) mass is 188 g/mol. The van der Waals surface area contributed by atoms with Crippen LogP contribution in [0.5, 0.6) is 0 Å². The van der Waals surface area contributed by atoms with Crippen LogP contribution in [0.2, 0.25) is 0 Å². The lowest BCUT2D eigenvalue weighted by Crippen LogP contribution is -2.51. The molecule has 0 aliphatic heterocycles. The fourth-order valence-corrected chi connectivity index (χ4v) is 1.54. The predicted molar refractivity (Wildman–Crippen MR) is 56.7 cm³/mol. The van der Waals surface area contributed by atoms with Gasteiger partial charge in [-0.3, -0.25) is 0 Å². The molecule has 0 aromatic carbocycles. The normalized spacial score (nSPS) is 15.7. The molecule has 0 heterocycles. The maximum Gasteiger partial charge on any atom is 0.0556 e. The number of nitrogens with two attached hydrogens (primary N) is 1. The third-order valence-corrected chi connectivity index (χ3v) is 2.69. The highest BCUT2D eigenvalue weighted by Gasteiger charge is 2.24. The minimum absolute atomic E-state index is 0.0543. The van der Waals surface area contributed by atoms with Gasteiger partial charge in [-0.15, -0.1) is 0 Å². The summed E-state index contributed by atoms with van der Waals surface area (Å²) in [6.45, 7) is 5.82. The Balaban J connectivity index is 3.97. The van der Waals surface area contributed by atoms with Crippen LogP contribution in [0.15, 0.2) is 0 Å². The van der Waals surface area contributed by atoms with Crippen molar-refractivity contribution in [3.05, 3.63) is 0 Å². The zero-order valence-electron chi connectivity index (χ0n) is 8.97. The van der Waals surface area contributed by atoms with Crippen molar-refractivity contribution >= 4 is 0 Å². The van der Waals surface area contributed by atoms with Gasteiger partial charge in [0.25, 0.3) is 0 Å². The lowest BCUT2D eigenvalue weighted by atomic mass is 9.90. The smallest absolute Gasteiger partial charge is 0.0556 e. The molecule has 0 saturated carbocycles. The van der Waals surface area contributed by atoms with Crippen LogP contribution in [0, 0.1) is 0 Å². The zero-order valence-corrected chi connectivity index (χ0v) is 8.97. The minimum atomic E-state index is 0.0543. The first kappa shape index (κ1) is 12.9. The summed E-state index contributed by atoms with van der Waals surface area (Å²) in [4.78, 5) is 0. The van der Waals surface area contributed by atoms with Gasteiger partial charge < -0.3 is 16.2 Å². The van der Waals surface area contributed by atoms with E-state index >= 15 is 0 Å². The third-order valence-electron chi connectivity index (χ3n) is 2.69. The molecule has 0 bridgehead atoms. The molecule has 0 aromatic rings. The standard InChI is InChI=1S/C10H24N2O/c1-3-5-6-10(4-2,9-11)12-7-8-13/h12-13H,3-9,11H2,1-2H3. The van der Waals surface area contributed by atoms with E-state index < -0.39 is 0 Å². The van der Waals surface area contributed by atoms with Crippen molar-refractivity contribution in [3.63, 3.8) is 0 Å². The van der Waals surface area contributed by atoms with Gasteiger partial charge >= 0.3 is 0 Å². The van der Waals surface area contributed by atoms with Crippen molar-refractivity contribution in [1.29, 1.82) is 0 Å². The number of nitrogens with one attached hydrogen (secondary N) is 1. The van der Waals surface area contributed by atoms with E-state index in [9.17, 15) is 0 Å². The lowest BCUT2D eigenvalue weighted by Gasteiger charge is -2.32. The SMILES string of the molecule is CCCCC(CC)(CN)NCCO. The summed E-state index contributed by atoms with van der Waals surface area (Å²) in [6, 6.07) is 0. The van der Waals surface area contributed by atoms with Crippen molar-refractivity contribution in [3.8, 4) is 0 Å². The zero-order chi connectivity index (χ0) is 10.2. The molecule has 0 aliphatic carbocycles. The second-order valence-corrected chi connectivity index (χ2v) is 3.59. The first-order chi connectivity index (χ1) is 6.24. The van der Waals surface area contributed by atoms with Crippen molar-refractivity contribution in [2.75, 3.05) is 19.7 Å². The number of unbranched alkanes of at least 4 members (excludes halogenated alkanes) is 1. The summed E-state index contributed by atoms with van der Waals surface area (Å²) in [6.07, 6.45) is 4.53. The molecule has 0 radical (unpaired) electrons. The van der Waals surface area contributed by atoms with Crippen molar-refractivity contribution in [2.24, 2.45) is 5.73 Å². The molecule has 80 valence electrons. The van der Waals surface area contributed by atoms with Gasteiger partial charge in [0.15, 0.2) is 0 Å². The van der Waals surface area contributed by atoms with Crippen LogP contribution >= 0.6 is 0 Å². The van der Waals surface area contributed by atoms with E-state index in [4.69, 9.17) is 10.8 Å². The Kier molecular flexibility index (Phi) is 7.23. The molecule has 1 unspecified atom stereocenters. The number of hydrogen-bond donors (Lipinski definition) is 3. The van der Waals surface area contributed by atoms with Gasteiger partial charge in [0, 0.05) is 18.6 Å². The summed E-state index contributed by atoms with van der Waals surface area (Å²) < 4.78 is 0. The quantitative estimate of drug-likeness (QED) is 0.529. The first-order valence-corrected chi connectivity index (χ1v) is 5.30. The van der Waals surface area contributed by atoms with E-state index in [1.807, 2.05) is 0 Å². The maximum absolute atomic E-state index is 8.74. The van der Waals surface area contributed by atoms with Crippen LogP contribution in [0.1, 0.15) is 39.5 Å². The molecule has 0 fully saturated rings. The van der Waals surface area contributed by atoms with Gasteiger partial charge in [0.05, 0.1) is 6.61 Å². The summed E-state index contributed by atoms with van der Waals surface area (Å²) >= 11 is 0. The highest BCUT2D eigenvalue weighted by Crippen LogP contribution is 2.16. The molecule has 0 spiro atoms. The van der Waals surface area contributed by atoms with Crippen LogP contribution in [-0.2, 0) is 0 Å². The van der Waals surface area contributed by atoms with Gasteiger partial charge in [0.1, 0.15) is 0 Å². The Bertz CT molecular complexity index is 103. The van der Waals surface area contributed by atoms with Crippen LogP contribution < -0.4 is 11.1 Å². The Morgan fingerprint density at radius 2 is 2.08 bits per heavy atom. The van der Waals surface area contributed by atoms with E-state index in [1.54, 1.807) is 0 Å². The second kappa shape index (κ2) is 7.30. The maximum atomic E-state index is 8.74. The topological polar surface area (TPSA) is 58.3 Å². The van der Waals surface area contributed by atoms with Crippen LogP contribution in [0.25, 0.3) is 0 Å². The molecule has 0 amide bonds. The molecule has 0 aliphatic rings. The molecule has 0 rings (SSSR count).